The van der Waals surface area contributed by atoms with Crippen molar-refractivity contribution >= 4 is 29.4 Å². The third-order valence-corrected chi connectivity index (χ3v) is 3.53. The summed E-state index contributed by atoms with van der Waals surface area (Å²) in [6, 6.07) is -0.642. The van der Waals surface area contributed by atoms with Gasteiger partial charge in [-0.2, -0.15) is 11.8 Å². The second-order valence-electron chi connectivity index (χ2n) is 4.42. The van der Waals surface area contributed by atoms with Crippen LogP contribution < -0.4 is 5.32 Å². The van der Waals surface area contributed by atoms with Crippen LogP contribution in [0.3, 0.4) is 0 Å². The van der Waals surface area contributed by atoms with Crippen molar-refractivity contribution in [3.63, 3.8) is 0 Å². The summed E-state index contributed by atoms with van der Waals surface area (Å²) in [6.07, 6.45) is 0.319. The Kier molecular flexibility index (Phi) is 9.30. The Hall–Kier alpha value is -1.04. The van der Waals surface area contributed by atoms with Crippen LogP contribution in [0.4, 0.5) is 0 Å². The second-order valence-corrected chi connectivity index (χ2v) is 5.74. The van der Waals surface area contributed by atoms with Crippen LogP contribution in [0.25, 0.3) is 0 Å². The molecule has 5 nitrogen and oxygen atoms in total. The predicted molar refractivity (Wildman–Crippen MR) is 76.0 cm³/mol. The van der Waals surface area contributed by atoms with Gasteiger partial charge in [0, 0.05) is 24.5 Å². The van der Waals surface area contributed by atoms with Gasteiger partial charge in [-0.25, -0.2) is 4.79 Å². The molecule has 110 valence electrons. The maximum atomic E-state index is 11.7. The van der Waals surface area contributed by atoms with Crippen LogP contribution in [0, 0.1) is 5.92 Å². The van der Waals surface area contributed by atoms with E-state index < -0.39 is 12.0 Å². The molecule has 0 bridgehead atoms. The summed E-state index contributed by atoms with van der Waals surface area (Å²) < 4.78 is 4.64. The normalized spacial score (nSPS) is 12.1. The molecule has 1 amide bonds. The van der Waals surface area contributed by atoms with Gasteiger partial charge in [-0.1, -0.05) is 20.8 Å². The lowest BCUT2D eigenvalue weighted by atomic mass is 10.0. The Morgan fingerprint density at radius 3 is 2.32 bits per heavy atom. The molecule has 19 heavy (non-hydrogen) atoms. The molecule has 1 atom stereocenters. The third kappa shape index (κ3) is 7.87. The first-order valence-corrected chi connectivity index (χ1v) is 7.55. The molecule has 0 aromatic carbocycles. The number of amides is 1. The highest BCUT2D eigenvalue weighted by Crippen LogP contribution is 2.05. The number of thioether (sulfide) groups is 1. The zero-order valence-electron chi connectivity index (χ0n) is 12.0. The molecule has 0 radical (unpaired) electrons. The number of ether oxygens (including phenoxy) is 1. The van der Waals surface area contributed by atoms with Gasteiger partial charge in [0.2, 0.25) is 5.91 Å². The molecule has 1 unspecified atom stereocenters. The molecule has 0 saturated heterocycles. The molecule has 0 aromatic heterocycles. The fourth-order valence-electron chi connectivity index (χ4n) is 1.34. The average molecular weight is 289 g/mol. The highest BCUT2D eigenvalue weighted by Gasteiger charge is 2.21. The Labute approximate surface area is 118 Å². The summed E-state index contributed by atoms with van der Waals surface area (Å²) >= 11 is 1.55. The molecule has 0 spiro atoms. The minimum absolute atomic E-state index is 0.0488. The predicted octanol–water partition coefficient (Wildman–Crippen LogP) is 1.40. The number of Topliss-reactive ketones (excluding diaryl/α,β-unsaturated/α-hetero) is 1. The standard InChI is InChI=1S/C13H23NO4S/c1-5-19-8-10(13(17)18-4)14-12(16)7-6-11(15)9(2)3/h9-10H,5-8H2,1-4H3,(H,14,16). The second kappa shape index (κ2) is 9.83. The zero-order valence-corrected chi connectivity index (χ0v) is 12.8. The van der Waals surface area contributed by atoms with Crippen molar-refractivity contribution in [2.24, 2.45) is 5.92 Å². The van der Waals surface area contributed by atoms with Crippen molar-refractivity contribution in [3.8, 4) is 0 Å². The Morgan fingerprint density at radius 1 is 1.21 bits per heavy atom. The molecule has 0 saturated carbocycles. The molecule has 0 aliphatic heterocycles. The molecule has 6 heteroatoms. The van der Waals surface area contributed by atoms with Gasteiger partial charge in [-0.05, 0) is 5.75 Å². The highest BCUT2D eigenvalue weighted by atomic mass is 32.2. The smallest absolute Gasteiger partial charge is 0.329 e. The van der Waals surface area contributed by atoms with Gasteiger partial charge >= 0.3 is 5.97 Å². The number of methoxy groups -OCH3 is 1. The fourth-order valence-corrected chi connectivity index (χ4v) is 2.03. The topological polar surface area (TPSA) is 72.5 Å². The molecule has 0 fully saturated rings. The molecule has 0 aromatic rings. The van der Waals surface area contributed by atoms with Gasteiger partial charge in [0.15, 0.2) is 0 Å². The van der Waals surface area contributed by atoms with Crippen molar-refractivity contribution in [1.29, 1.82) is 0 Å². The van der Waals surface area contributed by atoms with Crippen LogP contribution in [-0.4, -0.2) is 42.3 Å². The van der Waals surface area contributed by atoms with E-state index in [2.05, 4.69) is 10.1 Å². The number of nitrogens with one attached hydrogen (secondary N) is 1. The number of carbonyl (C=O) groups is 3. The monoisotopic (exact) mass is 289 g/mol. The summed E-state index contributed by atoms with van der Waals surface area (Å²) in [5.41, 5.74) is 0. The minimum Gasteiger partial charge on any atom is -0.467 e. The van der Waals surface area contributed by atoms with E-state index in [9.17, 15) is 14.4 Å². The van der Waals surface area contributed by atoms with E-state index in [1.807, 2.05) is 6.92 Å². The van der Waals surface area contributed by atoms with Crippen LogP contribution in [0.1, 0.15) is 33.6 Å². The minimum atomic E-state index is -0.642. The van der Waals surface area contributed by atoms with Gasteiger partial charge in [0.25, 0.3) is 0 Å². The van der Waals surface area contributed by atoms with E-state index in [4.69, 9.17) is 0 Å². The number of esters is 1. The van der Waals surface area contributed by atoms with E-state index in [0.29, 0.717) is 5.75 Å². The molecule has 0 aliphatic rings. The average Bonchev–Trinajstić information content (AvgIpc) is 2.39. The first kappa shape index (κ1) is 18.0. The van der Waals surface area contributed by atoms with Gasteiger partial charge in [0.05, 0.1) is 7.11 Å². The third-order valence-electron chi connectivity index (χ3n) is 2.55. The lowest BCUT2D eigenvalue weighted by Crippen LogP contribution is -2.43. The van der Waals surface area contributed by atoms with Crippen molar-refractivity contribution in [1.82, 2.24) is 5.32 Å². The van der Waals surface area contributed by atoms with Crippen LogP contribution in [0.15, 0.2) is 0 Å². The van der Waals surface area contributed by atoms with Gasteiger partial charge in [0.1, 0.15) is 11.8 Å². The summed E-state index contributed by atoms with van der Waals surface area (Å²) in [5, 5.41) is 2.61. The lowest BCUT2D eigenvalue weighted by molar-refractivity contribution is -0.144. The van der Waals surface area contributed by atoms with E-state index in [1.54, 1.807) is 25.6 Å². The van der Waals surface area contributed by atoms with Crippen molar-refractivity contribution in [2.45, 2.75) is 39.7 Å². The SMILES string of the molecule is CCSCC(NC(=O)CCC(=O)C(C)C)C(=O)OC. The van der Waals surface area contributed by atoms with Crippen LogP contribution in [0.5, 0.6) is 0 Å². The summed E-state index contributed by atoms with van der Waals surface area (Å²) in [5.74, 6) is 0.570. The van der Waals surface area contributed by atoms with Crippen LogP contribution >= 0.6 is 11.8 Å². The van der Waals surface area contributed by atoms with Crippen molar-refractivity contribution in [3.05, 3.63) is 0 Å². The maximum Gasteiger partial charge on any atom is 0.329 e. The quantitative estimate of drug-likeness (QED) is 0.650. The van der Waals surface area contributed by atoms with Crippen molar-refractivity contribution < 1.29 is 19.1 Å². The lowest BCUT2D eigenvalue weighted by Gasteiger charge is -2.15. The highest BCUT2D eigenvalue weighted by molar-refractivity contribution is 7.99. The molecular weight excluding hydrogens is 266 g/mol. The number of carbonyl (C=O) groups excluding carboxylic acids is 3. The summed E-state index contributed by atoms with van der Waals surface area (Å²) in [6.45, 7) is 5.58. The molecular formula is C13H23NO4S. The van der Waals surface area contributed by atoms with Crippen LogP contribution in [0.2, 0.25) is 0 Å². The fraction of sp³-hybridized carbons (Fsp3) is 0.769. The molecule has 0 aliphatic carbocycles. The first-order chi connectivity index (χ1) is 8.92. The van der Waals surface area contributed by atoms with Gasteiger partial charge < -0.3 is 10.1 Å². The maximum absolute atomic E-state index is 11.7. The Balaban J connectivity index is 4.23. The van der Waals surface area contributed by atoms with Crippen LogP contribution in [-0.2, 0) is 19.1 Å². The summed E-state index contributed by atoms with van der Waals surface area (Å²) in [4.78, 5) is 34.6. The number of rotatable bonds is 9. The van der Waals surface area contributed by atoms with Gasteiger partial charge in [-0.15, -0.1) is 0 Å². The van der Waals surface area contributed by atoms with E-state index in [0.717, 1.165) is 5.75 Å². The molecule has 0 heterocycles. The number of ketones is 1. The largest absolute Gasteiger partial charge is 0.467 e. The van der Waals surface area contributed by atoms with E-state index in [-0.39, 0.29) is 30.4 Å². The molecule has 0 rings (SSSR count). The Morgan fingerprint density at radius 2 is 1.84 bits per heavy atom. The Bertz CT molecular complexity index is 318. The first-order valence-electron chi connectivity index (χ1n) is 6.40. The number of hydrogen-bond acceptors (Lipinski definition) is 5. The zero-order chi connectivity index (χ0) is 14.8. The van der Waals surface area contributed by atoms with Gasteiger partial charge in [-0.3, -0.25) is 9.59 Å². The van der Waals surface area contributed by atoms with E-state index in [1.165, 1.54) is 7.11 Å². The summed E-state index contributed by atoms with van der Waals surface area (Å²) in [7, 11) is 1.29. The molecule has 1 N–H and O–H groups in total. The van der Waals surface area contributed by atoms with E-state index >= 15 is 0 Å². The number of hydrogen-bond donors (Lipinski definition) is 1. The van der Waals surface area contributed by atoms with Crippen molar-refractivity contribution in [2.75, 3.05) is 18.6 Å².